The van der Waals surface area contributed by atoms with Crippen LogP contribution in [0.25, 0.3) is 10.8 Å². The SMILES string of the molecule is O=C(O)CNC(=O)c1ccc2c(c1)[C@@H]1C=CC[C@@H]1[C@H](c1cccc3ccccc13)N2. The lowest BCUT2D eigenvalue weighted by molar-refractivity contribution is -0.135. The van der Waals surface area contributed by atoms with E-state index in [4.69, 9.17) is 5.11 Å². The summed E-state index contributed by atoms with van der Waals surface area (Å²) in [6.45, 7) is -0.386. The summed E-state index contributed by atoms with van der Waals surface area (Å²) in [5, 5.41) is 17.5. The van der Waals surface area contributed by atoms with Crippen LogP contribution in [0, 0.1) is 5.92 Å². The molecule has 3 N–H and O–H groups in total. The van der Waals surface area contributed by atoms with Gasteiger partial charge < -0.3 is 15.7 Å². The molecule has 150 valence electrons. The minimum atomic E-state index is -1.06. The highest BCUT2D eigenvalue weighted by atomic mass is 16.4. The highest BCUT2D eigenvalue weighted by molar-refractivity contribution is 5.96. The van der Waals surface area contributed by atoms with E-state index in [1.54, 1.807) is 6.07 Å². The number of carboxylic acids is 1. The lowest BCUT2D eigenvalue weighted by Gasteiger charge is -2.38. The van der Waals surface area contributed by atoms with Gasteiger partial charge in [0.05, 0.1) is 6.04 Å². The Bertz CT molecular complexity index is 1180. The number of carboxylic acid groups (broad SMARTS) is 1. The van der Waals surface area contributed by atoms with Crippen molar-refractivity contribution in [3.63, 3.8) is 0 Å². The molecule has 0 saturated carbocycles. The van der Waals surface area contributed by atoms with E-state index >= 15 is 0 Å². The smallest absolute Gasteiger partial charge is 0.322 e. The Kier molecular flexibility index (Phi) is 4.51. The molecule has 0 radical (unpaired) electrons. The molecule has 0 saturated heterocycles. The van der Waals surface area contributed by atoms with E-state index < -0.39 is 5.97 Å². The van der Waals surface area contributed by atoms with Gasteiger partial charge in [-0.2, -0.15) is 0 Å². The van der Waals surface area contributed by atoms with Gasteiger partial charge in [-0.3, -0.25) is 9.59 Å². The molecule has 3 atom stereocenters. The summed E-state index contributed by atoms with van der Waals surface area (Å²) in [6.07, 6.45) is 5.43. The average Bonchev–Trinajstić information content (AvgIpc) is 3.26. The lowest BCUT2D eigenvalue weighted by Crippen LogP contribution is -2.31. The number of rotatable bonds is 4. The van der Waals surface area contributed by atoms with Crippen molar-refractivity contribution >= 4 is 28.3 Å². The molecule has 1 heterocycles. The third-order valence-corrected chi connectivity index (χ3v) is 6.18. The minimum Gasteiger partial charge on any atom is -0.480 e. The normalized spacial score (nSPS) is 21.5. The largest absolute Gasteiger partial charge is 0.480 e. The zero-order valence-electron chi connectivity index (χ0n) is 16.3. The van der Waals surface area contributed by atoms with Gasteiger partial charge >= 0.3 is 5.97 Å². The van der Waals surface area contributed by atoms with Crippen molar-refractivity contribution in [1.82, 2.24) is 5.32 Å². The number of carbonyl (C=O) groups excluding carboxylic acids is 1. The molecule has 0 spiro atoms. The van der Waals surface area contributed by atoms with Crippen molar-refractivity contribution in [2.75, 3.05) is 11.9 Å². The molecule has 1 amide bonds. The first-order chi connectivity index (χ1) is 14.6. The molecule has 1 aliphatic heterocycles. The molecule has 3 aromatic rings. The van der Waals surface area contributed by atoms with Crippen LogP contribution in [0.3, 0.4) is 0 Å². The van der Waals surface area contributed by atoms with Crippen LogP contribution < -0.4 is 10.6 Å². The van der Waals surface area contributed by atoms with Crippen LogP contribution in [0.1, 0.15) is 39.9 Å². The Morgan fingerprint density at radius 2 is 1.87 bits per heavy atom. The number of amides is 1. The summed E-state index contributed by atoms with van der Waals surface area (Å²) < 4.78 is 0. The molecule has 5 heteroatoms. The first kappa shape index (κ1) is 18.4. The molecule has 3 aromatic carbocycles. The maximum absolute atomic E-state index is 12.3. The fourth-order valence-corrected chi connectivity index (χ4v) is 4.82. The number of nitrogens with one attached hydrogen (secondary N) is 2. The monoisotopic (exact) mass is 398 g/mol. The van der Waals surface area contributed by atoms with Crippen molar-refractivity contribution < 1.29 is 14.7 Å². The van der Waals surface area contributed by atoms with Gasteiger partial charge in [-0.15, -0.1) is 0 Å². The Balaban J connectivity index is 1.52. The van der Waals surface area contributed by atoms with E-state index in [1.165, 1.54) is 16.3 Å². The molecule has 0 unspecified atom stereocenters. The fraction of sp³-hybridized carbons (Fsp3) is 0.200. The lowest BCUT2D eigenvalue weighted by atomic mass is 9.76. The van der Waals surface area contributed by atoms with Gasteiger partial charge in [0.15, 0.2) is 0 Å². The topological polar surface area (TPSA) is 78.4 Å². The maximum Gasteiger partial charge on any atom is 0.322 e. The highest BCUT2D eigenvalue weighted by Gasteiger charge is 2.38. The number of benzene rings is 3. The summed E-state index contributed by atoms with van der Waals surface area (Å²) in [4.78, 5) is 23.1. The number of aliphatic carboxylic acids is 1. The summed E-state index contributed by atoms with van der Waals surface area (Å²) in [7, 11) is 0. The predicted molar refractivity (Wildman–Crippen MR) is 117 cm³/mol. The van der Waals surface area contributed by atoms with Gasteiger partial charge in [-0.1, -0.05) is 54.6 Å². The molecule has 30 heavy (non-hydrogen) atoms. The second-order valence-corrected chi connectivity index (χ2v) is 7.92. The number of fused-ring (bicyclic) bond motifs is 4. The van der Waals surface area contributed by atoms with Crippen LogP contribution in [-0.4, -0.2) is 23.5 Å². The molecule has 0 bridgehead atoms. The predicted octanol–water partition coefficient (Wildman–Crippen LogP) is 4.48. The number of allylic oxidation sites excluding steroid dienone is 2. The molecular weight excluding hydrogens is 376 g/mol. The summed E-state index contributed by atoms with van der Waals surface area (Å²) >= 11 is 0. The van der Waals surface area contributed by atoms with E-state index in [0.29, 0.717) is 11.5 Å². The van der Waals surface area contributed by atoms with Gasteiger partial charge in [0.2, 0.25) is 0 Å². The van der Waals surface area contributed by atoms with Gasteiger partial charge in [0.1, 0.15) is 6.54 Å². The highest BCUT2D eigenvalue weighted by Crippen LogP contribution is 2.50. The molecule has 5 nitrogen and oxygen atoms in total. The van der Waals surface area contributed by atoms with Crippen LogP contribution in [0.15, 0.2) is 72.8 Å². The quantitative estimate of drug-likeness (QED) is 0.566. The van der Waals surface area contributed by atoms with Crippen molar-refractivity contribution in [1.29, 1.82) is 0 Å². The fourth-order valence-electron chi connectivity index (χ4n) is 4.82. The average molecular weight is 398 g/mol. The summed E-state index contributed by atoms with van der Waals surface area (Å²) in [6, 6.07) is 20.7. The van der Waals surface area contributed by atoms with Crippen LogP contribution in [0.5, 0.6) is 0 Å². The van der Waals surface area contributed by atoms with Crippen LogP contribution in [0.4, 0.5) is 5.69 Å². The molecule has 0 aromatic heterocycles. The van der Waals surface area contributed by atoms with Crippen molar-refractivity contribution in [2.45, 2.75) is 18.4 Å². The molecular formula is C25H22N2O3. The van der Waals surface area contributed by atoms with Crippen molar-refractivity contribution in [3.05, 3.63) is 89.5 Å². The zero-order chi connectivity index (χ0) is 20.7. The first-order valence-corrected chi connectivity index (χ1v) is 10.2. The van der Waals surface area contributed by atoms with Gasteiger partial charge in [-0.25, -0.2) is 0 Å². The molecule has 5 rings (SSSR count). The van der Waals surface area contributed by atoms with E-state index in [9.17, 15) is 9.59 Å². The van der Waals surface area contributed by atoms with Crippen molar-refractivity contribution in [3.8, 4) is 0 Å². The standard InChI is InChI=1S/C25H22N2O3/c28-23(29)14-26-25(30)16-11-12-22-21(13-16)18-8-4-10-20(18)24(27-22)19-9-3-6-15-5-1-2-7-17(15)19/h1-9,11-13,18,20,24,27H,10,14H2,(H,26,30)(H,28,29)/t18-,20+,24+/m1/s1. The number of anilines is 1. The molecule has 2 aliphatic rings. The van der Waals surface area contributed by atoms with E-state index in [-0.39, 0.29) is 24.4 Å². The van der Waals surface area contributed by atoms with Crippen LogP contribution in [-0.2, 0) is 4.79 Å². The number of hydrogen-bond acceptors (Lipinski definition) is 3. The molecule has 1 aliphatic carbocycles. The van der Waals surface area contributed by atoms with E-state index in [0.717, 1.165) is 17.7 Å². The van der Waals surface area contributed by atoms with Crippen LogP contribution >= 0.6 is 0 Å². The first-order valence-electron chi connectivity index (χ1n) is 10.2. The molecule has 0 fully saturated rings. The van der Waals surface area contributed by atoms with Crippen LogP contribution in [0.2, 0.25) is 0 Å². The summed E-state index contributed by atoms with van der Waals surface area (Å²) in [5.74, 6) is -0.840. The Morgan fingerprint density at radius 3 is 2.73 bits per heavy atom. The minimum absolute atomic E-state index is 0.176. The van der Waals surface area contributed by atoms with Crippen molar-refractivity contribution in [2.24, 2.45) is 5.92 Å². The second-order valence-electron chi connectivity index (χ2n) is 7.92. The second kappa shape index (κ2) is 7.34. The zero-order valence-corrected chi connectivity index (χ0v) is 16.3. The Morgan fingerprint density at radius 1 is 1.03 bits per heavy atom. The van der Waals surface area contributed by atoms with Gasteiger partial charge in [0.25, 0.3) is 5.91 Å². The Hall–Kier alpha value is -3.60. The van der Waals surface area contributed by atoms with E-state index in [2.05, 4.69) is 65.3 Å². The van der Waals surface area contributed by atoms with E-state index in [1.807, 2.05) is 12.1 Å². The maximum atomic E-state index is 12.3. The summed E-state index contributed by atoms with van der Waals surface area (Å²) in [5.41, 5.74) is 3.89. The number of hydrogen-bond donors (Lipinski definition) is 3. The third-order valence-electron chi connectivity index (χ3n) is 6.18. The third kappa shape index (κ3) is 3.12. The van der Waals surface area contributed by atoms with Gasteiger partial charge in [-0.05, 0) is 52.4 Å². The number of carbonyl (C=O) groups is 2. The Labute approximate surface area is 174 Å². The van der Waals surface area contributed by atoms with Gasteiger partial charge in [0, 0.05) is 17.2 Å².